The maximum atomic E-state index is 14.0. The number of nitrogens with two attached hydrogens (primary N) is 1. The fourth-order valence-corrected chi connectivity index (χ4v) is 7.22. The summed E-state index contributed by atoms with van der Waals surface area (Å²) in [7, 11) is -2.42. The van der Waals surface area contributed by atoms with Crippen molar-refractivity contribution in [1.29, 1.82) is 0 Å². The summed E-state index contributed by atoms with van der Waals surface area (Å²) in [6.45, 7) is 0.861. The van der Waals surface area contributed by atoms with Gasteiger partial charge in [0.2, 0.25) is 5.91 Å². The van der Waals surface area contributed by atoms with Crippen LogP contribution in [-0.2, 0) is 32.7 Å². The molecule has 1 aliphatic rings. The number of aliphatic carboxylic acids is 1. The van der Waals surface area contributed by atoms with E-state index in [0.29, 0.717) is 34.1 Å². The summed E-state index contributed by atoms with van der Waals surface area (Å²) in [5, 5.41) is 12.2. The van der Waals surface area contributed by atoms with Crippen molar-refractivity contribution in [3.05, 3.63) is 70.1 Å². The third-order valence-corrected chi connectivity index (χ3v) is 9.70. The van der Waals surface area contributed by atoms with Gasteiger partial charge in [-0.1, -0.05) is 41.9 Å². The van der Waals surface area contributed by atoms with Crippen LogP contribution < -0.4 is 15.2 Å². The first-order valence-electron chi connectivity index (χ1n) is 13.0. The predicted octanol–water partition coefficient (Wildman–Crippen LogP) is 4.64. The number of hydrogen-bond donors (Lipinski definition) is 3. The van der Waals surface area contributed by atoms with Gasteiger partial charge in [0.05, 0.1) is 34.9 Å². The molecule has 0 spiro atoms. The molecule has 2 aromatic carbocycles. The van der Waals surface area contributed by atoms with E-state index < -0.39 is 40.3 Å². The number of thiophene rings is 1. The average Bonchev–Trinajstić information content (AvgIpc) is 3.66. The number of amides is 1. The molecule has 1 fully saturated rings. The Morgan fingerprint density at radius 1 is 1.16 bits per heavy atom. The SMILES string of the molecule is COc1cccc2c1c(NS(=O)(=O)c1ccc(Cl)s1)nn2Cc1cccc(CN2C[C@@H](F)C[C@H]2C(N)=O)c1.O=C(O)C(F)(F)F. The maximum Gasteiger partial charge on any atom is 0.490 e. The van der Waals surface area contributed by atoms with Crippen molar-refractivity contribution < 1.29 is 45.4 Å². The zero-order valence-corrected chi connectivity index (χ0v) is 25.7. The molecule has 4 aromatic rings. The van der Waals surface area contributed by atoms with Gasteiger partial charge in [0, 0.05) is 19.5 Å². The molecule has 11 nitrogen and oxygen atoms in total. The Hall–Kier alpha value is -3.93. The van der Waals surface area contributed by atoms with Crippen molar-refractivity contribution in [3.63, 3.8) is 0 Å². The summed E-state index contributed by atoms with van der Waals surface area (Å²) in [4.78, 5) is 22.4. The van der Waals surface area contributed by atoms with Crippen molar-refractivity contribution in [3.8, 4) is 5.75 Å². The number of fused-ring (bicyclic) bond motifs is 1. The minimum Gasteiger partial charge on any atom is -0.496 e. The first kappa shape index (κ1) is 34.0. The number of aromatic nitrogens is 2. The lowest BCUT2D eigenvalue weighted by Crippen LogP contribution is -2.39. The maximum absolute atomic E-state index is 14.0. The van der Waals surface area contributed by atoms with Gasteiger partial charge in [-0.2, -0.15) is 18.3 Å². The molecule has 1 amide bonds. The van der Waals surface area contributed by atoms with Crippen LogP contribution in [-0.4, -0.2) is 72.1 Å². The molecule has 0 bridgehead atoms. The fourth-order valence-electron chi connectivity index (χ4n) is 4.73. The molecule has 1 saturated heterocycles. The molecule has 0 saturated carbocycles. The average molecular weight is 692 g/mol. The summed E-state index contributed by atoms with van der Waals surface area (Å²) < 4.78 is 81.9. The highest BCUT2D eigenvalue weighted by atomic mass is 35.5. The van der Waals surface area contributed by atoms with Gasteiger partial charge in [0.1, 0.15) is 16.1 Å². The normalized spacial score (nSPS) is 17.1. The number of rotatable bonds is 9. The van der Waals surface area contributed by atoms with E-state index in [1.165, 1.54) is 19.2 Å². The molecule has 5 rings (SSSR count). The van der Waals surface area contributed by atoms with E-state index in [0.717, 1.165) is 22.5 Å². The summed E-state index contributed by atoms with van der Waals surface area (Å²) in [5.41, 5.74) is 7.93. The largest absolute Gasteiger partial charge is 0.496 e. The van der Waals surface area contributed by atoms with Gasteiger partial charge in [-0.3, -0.25) is 19.1 Å². The number of carbonyl (C=O) groups is 2. The van der Waals surface area contributed by atoms with Crippen molar-refractivity contribution in [2.75, 3.05) is 18.4 Å². The van der Waals surface area contributed by atoms with Gasteiger partial charge in [-0.05, 0) is 35.4 Å². The van der Waals surface area contributed by atoms with Crippen LogP contribution in [0.5, 0.6) is 5.75 Å². The Labute approximate surface area is 263 Å². The quantitative estimate of drug-likeness (QED) is 0.214. The van der Waals surface area contributed by atoms with Crippen LogP contribution in [0.3, 0.4) is 0 Å². The van der Waals surface area contributed by atoms with E-state index in [4.69, 9.17) is 32.0 Å². The first-order valence-corrected chi connectivity index (χ1v) is 15.6. The zero-order valence-electron chi connectivity index (χ0n) is 23.3. The van der Waals surface area contributed by atoms with Gasteiger partial charge < -0.3 is 15.6 Å². The molecule has 0 radical (unpaired) electrons. The number of benzene rings is 2. The molecule has 2 atom stereocenters. The Bertz CT molecular complexity index is 1810. The third kappa shape index (κ3) is 8.22. The van der Waals surface area contributed by atoms with Crippen molar-refractivity contribution >= 4 is 61.6 Å². The second kappa shape index (κ2) is 13.6. The third-order valence-electron chi connectivity index (χ3n) is 6.64. The van der Waals surface area contributed by atoms with Crippen molar-refractivity contribution in [2.24, 2.45) is 5.73 Å². The summed E-state index contributed by atoms with van der Waals surface area (Å²) in [6, 6.07) is 15.3. The first-order chi connectivity index (χ1) is 21.1. The van der Waals surface area contributed by atoms with Crippen LogP contribution in [0.4, 0.5) is 23.4 Å². The second-order valence-corrected chi connectivity index (χ2v) is 13.5. The summed E-state index contributed by atoms with van der Waals surface area (Å²) in [6.07, 6.45) is -6.07. The molecule has 18 heteroatoms. The highest BCUT2D eigenvalue weighted by molar-refractivity contribution is 7.94. The van der Waals surface area contributed by atoms with E-state index in [9.17, 15) is 30.8 Å². The lowest BCUT2D eigenvalue weighted by atomic mass is 10.1. The molecule has 242 valence electrons. The number of halogens is 5. The van der Waals surface area contributed by atoms with Gasteiger partial charge in [-0.25, -0.2) is 17.6 Å². The summed E-state index contributed by atoms with van der Waals surface area (Å²) in [5.74, 6) is -2.68. The number of carbonyl (C=O) groups excluding carboxylic acids is 1. The van der Waals surface area contributed by atoms with E-state index in [2.05, 4.69) is 9.82 Å². The van der Waals surface area contributed by atoms with Crippen LogP contribution in [0.15, 0.2) is 58.8 Å². The number of nitrogens with zero attached hydrogens (tertiary/aromatic N) is 3. The molecular weight excluding hydrogens is 666 g/mol. The van der Waals surface area contributed by atoms with E-state index >= 15 is 0 Å². The lowest BCUT2D eigenvalue weighted by molar-refractivity contribution is -0.192. The second-order valence-electron chi connectivity index (χ2n) is 9.83. The molecule has 2 aromatic heterocycles. The molecule has 45 heavy (non-hydrogen) atoms. The fraction of sp³-hybridized carbons (Fsp3) is 0.296. The number of carboxylic acids is 1. The highest BCUT2D eigenvalue weighted by Crippen LogP contribution is 2.35. The smallest absolute Gasteiger partial charge is 0.490 e. The Balaban J connectivity index is 0.000000591. The number of ether oxygens (including phenoxy) is 1. The van der Waals surface area contributed by atoms with Crippen molar-refractivity contribution in [1.82, 2.24) is 14.7 Å². The van der Waals surface area contributed by atoms with Crippen LogP contribution >= 0.6 is 22.9 Å². The van der Waals surface area contributed by atoms with E-state index in [1.807, 2.05) is 30.3 Å². The van der Waals surface area contributed by atoms with E-state index in [1.54, 1.807) is 21.7 Å². The van der Waals surface area contributed by atoms with Crippen LogP contribution in [0, 0.1) is 0 Å². The number of alkyl halides is 4. The molecule has 4 N–H and O–H groups in total. The number of primary amides is 1. The Morgan fingerprint density at radius 2 is 1.80 bits per heavy atom. The van der Waals surface area contributed by atoms with Gasteiger partial charge in [0.25, 0.3) is 10.0 Å². The molecule has 0 unspecified atom stereocenters. The van der Waals surface area contributed by atoms with E-state index in [-0.39, 0.29) is 23.0 Å². The lowest BCUT2D eigenvalue weighted by Gasteiger charge is -2.21. The van der Waals surface area contributed by atoms with Gasteiger partial charge in [-0.15, -0.1) is 11.3 Å². The molecule has 1 aliphatic heterocycles. The van der Waals surface area contributed by atoms with Crippen molar-refractivity contribution in [2.45, 2.75) is 42.1 Å². The Morgan fingerprint density at radius 3 is 2.38 bits per heavy atom. The molecule has 3 heterocycles. The highest BCUT2D eigenvalue weighted by Gasteiger charge is 2.38. The van der Waals surface area contributed by atoms with Crippen LogP contribution in [0.2, 0.25) is 4.34 Å². The number of carboxylic acid groups (broad SMARTS) is 1. The summed E-state index contributed by atoms with van der Waals surface area (Å²) >= 11 is 6.89. The number of hydrogen-bond acceptors (Lipinski definition) is 8. The Kier molecular flexibility index (Phi) is 10.3. The molecule has 0 aliphatic carbocycles. The van der Waals surface area contributed by atoms with Crippen LogP contribution in [0.1, 0.15) is 17.5 Å². The minimum atomic E-state index is -5.08. The minimum absolute atomic E-state index is 0.0690. The molecular formula is C27H26ClF4N5O6S2. The standard InChI is InChI=1S/C25H25ClFN5O4S2.C2HF3O2/c1-36-20-7-3-6-18-23(20)25(30-38(34,35)22-9-8-21(26)37-22)29-32(18)13-16-5-2-4-15(10-16)12-31-14-17(27)11-19(31)24(28)33;3-2(4,5)1(6)7/h2-10,17,19H,11-14H2,1H3,(H2,28,33)(H,29,30);(H,6,7)/t17-,19-;/m0./s1. The van der Waals surface area contributed by atoms with Gasteiger partial charge >= 0.3 is 12.1 Å². The number of methoxy groups -OCH3 is 1. The predicted molar refractivity (Wildman–Crippen MR) is 159 cm³/mol. The monoisotopic (exact) mass is 691 g/mol. The number of sulfonamides is 1. The number of likely N-dealkylation sites (tertiary alicyclic amines) is 1. The zero-order chi connectivity index (χ0) is 33.1. The van der Waals surface area contributed by atoms with Crippen LogP contribution in [0.25, 0.3) is 10.9 Å². The topological polar surface area (TPSA) is 157 Å². The number of anilines is 1. The van der Waals surface area contributed by atoms with Gasteiger partial charge in [0.15, 0.2) is 5.82 Å². The number of nitrogens with one attached hydrogen (secondary N) is 1.